The summed E-state index contributed by atoms with van der Waals surface area (Å²) in [6, 6.07) is 2.64. The number of carboxylic acids is 1. The molecule has 0 radical (unpaired) electrons. The third kappa shape index (κ3) is 2.63. The molecule has 1 aromatic carbocycles. The first-order chi connectivity index (χ1) is 7.04. The summed E-state index contributed by atoms with van der Waals surface area (Å²) in [6.07, 6.45) is 2.20. The molecule has 0 aromatic heterocycles. The minimum Gasteiger partial charge on any atom is -0.504 e. The minimum atomic E-state index is -1.10. The van der Waals surface area contributed by atoms with E-state index >= 15 is 0 Å². The van der Waals surface area contributed by atoms with Crippen molar-refractivity contribution in [3.63, 3.8) is 0 Å². The van der Waals surface area contributed by atoms with E-state index in [2.05, 4.69) is 0 Å². The molecule has 5 heteroatoms. The first kappa shape index (κ1) is 10.9. The van der Waals surface area contributed by atoms with E-state index in [1.165, 1.54) is 25.3 Å². The van der Waals surface area contributed by atoms with Gasteiger partial charge in [-0.3, -0.25) is 0 Å². The zero-order valence-electron chi connectivity index (χ0n) is 7.97. The Morgan fingerprint density at radius 2 is 2.07 bits per heavy atom. The molecule has 0 aliphatic carbocycles. The number of benzene rings is 1. The summed E-state index contributed by atoms with van der Waals surface area (Å²) in [5.41, 5.74) is 0.421. The van der Waals surface area contributed by atoms with Crippen molar-refractivity contribution in [2.45, 2.75) is 0 Å². The highest BCUT2D eigenvalue weighted by Crippen LogP contribution is 2.36. The number of phenols is 2. The molecule has 0 amide bonds. The molecule has 0 heterocycles. The van der Waals surface area contributed by atoms with Crippen LogP contribution < -0.4 is 4.74 Å². The molecule has 0 saturated heterocycles. The fourth-order valence-electron chi connectivity index (χ4n) is 1.03. The fourth-order valence-corrected chi connectivity index (χ4v) is 1.03. The van der Waals surface area contributed by atoms with Crippen molar-refractivity contribution < 1.29 is 24.9 Å². The Morgan fingerprint density at radius 3 is 2.60 bits per heavy atom. The number of hydrogen-bond donors (Lipinski definition) is 3. The van der Waals surface area contributed by atoms with Gasteiger partial charge in [-0.15, -0.1) is 0 Å². The molecular weight excluding hydrogens is 200 g/mol. The topological polar surface area (TPSA) is 87.0 Å². The highest BCUT2D eigenvalue weighted by atomic mass is 16.5. The summed E-state index contributed by atoms with van der Waals surface area (Å²) in [4.78, 5) is 10.2. The summed E-state index contributed by atoms with van der Waals surface area (Å²) in [7, 11) is 1.33. The van der Waals surface area contributed by atoms with E-state index in [9.17, 15) is 15.0 Å². The molecule has 3 N–H and O–H groups in total. The standard InChI is InChI=1S/C10H10O5/c1-15-8-5-6(2-3-9(12)13)4-7(11)10(8)14/h2-5,11,14H,1H3,(H,12,13)/b3-2+. The zero-order valence-corrected chi connectivity index (χ0v) is 7.97. The second kappa shape index (κ2) is 4.36. The Balaban J connectivity index is 3.11. The number of rotatable bonds is 3. The van der Waals surface area contributed by atoms with Gasteiger partial charge in [0.2, 0.25) is 5.75 Å². The van der Waals surface area contributed by atoms with Crippen molar-refractivity contribution in [3.8, 4) is 17.2 Å². The maximum Gasteiger partial charge on any atom is 0.328 e. The summed E-state index contributed by atoms with van der Waals surface area (Å²) >= 11 is 0. The lowest BCUT2D eigenvalue weighted by Gasteiger charge is -2.05. The molecule has 1 aromatic rings. The molecule has 0 atom stereocenters. The summed E-state index contributed by atoms with van der Waals surface area (Å²) in [6.45, 7) is 0. The number of methoxy groups -OCH3 is 1. The number of phenolic OH excluding ortho intramolecular Hbond substituents is 2. The SMILES string of the molecule is COc1cc(/C=C/C(=O)O)cc(O)c1O. The van der Waals surface area contributed by atoms with Crippen LogP contribution in [0, 0.1) is 0 Å². The average Bonchev–Trinajstić information content (AvgIpc) is 2.19. The van der Waals surface area contributed by atoms with Gasteiger partial charge in [0.1, 0.15) is 0 Å². The maximum absolute atomic E-state index is 10.2. The number of aliphatic carboxylic acids is 1. The van der Waals surface area contributed by atoms with E-state index in [0.29, 0.717) is 5.56 Å². The van der Waals surface area contributed by atoms with Crippen LogP contribution in [-0.2, 0) is 4.79 Å². The van der Waals surface area contributed by atoms with E-state index in [-0.39, 0.29) is 17.2 Å². The summed E-state index contributed by atoms with van der Waals surface area (Å²) in [5, 5.41) is 26.9. The lowest BCUT2D eigenvalue weighted by atomic mass is 10.1. The van der Waals surface area contributed by atoms with Crippen LogP contribution in [0.4, 0.5) is 0 Å². The highest BCUT2D eigenvalue weighted by Gasteiger charge is 2.08. The third-order valence-corrected chi connectivity index (χ3v) is 1.72. The van der Waals surface area contributed by atoms with Crippen molar-refractivity contribution in [2.24, 2.45) is 0 Å². The average molecular weight is 210 g/mol. The molecule has 15 heavy (non-hydrogen) atoms. The van der Waals surface area contributed by atoms with Crippen LogP contribution in [0.15, 0.2) is 18.2 Å². The van der Waals surface area contributed by atoms with Crippen LogP contribution in [0.2, 0.25) is 0 Å². The van der Waals surface area contributed by atoms with Gasteiger partial charge >= 0.3 is 5.97 Å². The summed E-state index contributed by atoms with van der Waals surface area (Å²) < 4.78 is 4.78. The molecule has 80 valence electrons. The van der Waals surface area contributed by atoms with Crippen LogP contribution in [0.1, 0.15) is 5.56 Å². The van der Waals surface area contributed by atoms with E-state index in [1.54, 1.807) is 0 Å². The molecule has 0 aliphatic rings. The van der Waals surface area contributed by atoms with Crippen molar-refractivity contribution in [2.75, 3.05) is 7.11 Å². The van der Waals surface area contributed by atoms with Crippen molar-refractivity contribution in [1.82, 2.24) is 0 Å². The van der Waals surface area contributed by atoms with Crippen LogP contribution in [-0.4, -0.2) is 28.4 Å². The number of carbonyl (C=O) groups is 1. The van der Waals surface area contributed by atoms with Gasteiger partial charge in [-0.05, 0) is 23.8 Å². The fraction of sp³-hybridized carbons (Fsp3) is 0.100. The second-order valence-corrected chi connectivity index (χ2v) is 2.76. The van der Waals surface area contributed by atoms with Crippen molar-refractivity contribution >= 4 is 12.0 Å². The van der Waals surface area contributed by atoms with Gasteiger partial charge in [0.25, 0.3) is 0 Å². The number of carboxylic acid groups (broad SMARTS) is 1. The molecule has 0 spiro atoms. The van der Waals surface area contributed by atoms with Gasteiger partial charge in [0, 0.05) is 6.08 Å². The van der Waals surface area contributed by atoms with E-state index in [4.69, 9.17) is 9.84 Å². The normalized spacial score (nSPS) is 10.5. The van der Waals surface area contributed by atoms with Gasteiger partial charge < -0.3 is 20.1 Å². The van der Waals surface area contributed by atoms with E-state index < -0.39 is 5.97 Å². The Morgan fingerprint density at radius 1 is 1.40 bits per heavy atom. The number of aromatic hydroxyl groups is 2. The third-order valence-electron chi connectivity index (χ3n) is 1.72. The Kier molecular flexibility index (Phi) is 3.17. The Hall–Kier alpha value is -2.17. The molecule has 0 bridgehead atoms. The van der Waals surface area contributed by atoms with Crippen LogP contribution >= 0.6 is 0 Å². The predicted molar refractivity (Wildman–Crippen MR) is 53.0 cm³/mol. The van der Waals surface area contributed by atoms with Gasteiger partial charge in [-0.25, -0.2) is 4.79 Å². The lowest BCUT2D eigenvalue weighted by molar-refractivity contribution is -0.131. The van der Waals surface area contributed by atoms with Gasteiger partial charge in [-0.1, -0.05) is 0 Å². The first-order valence-corrected chi connectivity index (χ1v) is 4.05. The molecule has 0 fully saturated rings. The smallest absolute Gasteiger partial charge is 0.328 e. The molecular formula is C10H10O5. The molecule has 0 unspecified atom stereocenters. The van der Waals surface area contributed by atoms with E-state index in [1.807, 2.05) is 0 Å². The largest absolute Gasteiger partial charge is 0.504 e. The second-order valence-electron chi connectivity index (χ2n) is 2.76. The summed E-state index contributed by atoms with van der Waals surface area (Å²) in [5.74, 6) is -1.74. The van der Waals surface area contributed by atoms with Gasteiger partial charge in [-0.2, -0.15) is 0 Å². The highest BCUT2D eigenvalue weighted by molar-refractivity contribution is 5.85. The molecule has 0 aliphatic heterocycles. The zero-order chi connectivity index (χ0) is 11.4. The van der Waals surface area contributed by atoms with Crippen molar-refractivity contribution in [3.05, 3.63) is 23.8 Å². The van der Waals surface area contributed by atoms with Crippen LogP contribution in [0.5, 0.6) is 17.2 Å². The van der Waals surface area contributed by atoms with Crippen molar-refractivity contribution in [1.29, 1.82) is 0 Å². The monoisotopic (exact) mass is 210 g/mol. The lowest BCUT2D eigenvalue weighted by Crippen LogP contribution is -1.88. The minimum absolute atomic E-state index is 0.0834. The molecule has 0 saturated carbocycles. The quantitative estimate of drug-likeness (QED) is 0.515. The van der Waals surface area contributed by atoms with Gasteiger partial charge in [0.15, 0.2) is 11.5 Å². The van der Waals surface area contributed by atoms with Crippen LogP contribution in [0.25, 0.3) is 6.08 Å². The van der Waals surface area contributed by atoms with E-state index in [0.717, 1.165) is 6.08 Å². The maximum atomic E-state index is 10.2. The Labute approximate surface area is 85.9 Å². The predicted octanol–water partition coefficient (Wildman–Crippen LogP) is 1.20. The molecule has 5 nitrogen and oxygen atoms in total. The van der Waals surface area contributed by atoms with Gasteiger partial charge in [0.05, 0.1) is 7.11 Å². The first-order valence-electron chi connectivity index (χ1n) is 4.05. The number of hydrogen-bond acceptors (Lipinski definition) is 4. The van der Waals surface area contributed by atoms with Crippen LogP contribution in [0.3, 0.4) is 0 Å². The number of ether oxygens (including phenoxy) is 1. The Bertz CT molecular complexity index is 409. The molecule has 1 rings (SSSR count).